The molecule has 1 amide bonds. The highest BCUT2D eigenvalue weighted by Crippen LogP contribution is 2.36. The van der Waals surface area contributed by atoms with E-state index in [1.165, 1.54) is 26.5 Å². The maximum absolute atomic E-state index is 12.0. The molecule has 0 aliphatic carbocycles. The molecule has 13 heteroatoms. The summed E-state index contributed by atoms with van der Waals surface area (Å²) in [4.78, 5) is 50.3. The zero-order valence-electron chi connectivity index (χ0n) is 20.2. The monoisotopic (exact) mass is 500 g/mol. The van der Waals surface area contributed by atoms with E-state index in [0.717, 1.165) is 0 Å². The van der Waals surface area contributed by atoms with Crippen LogP contribution in [-0.4, -0.2) is 86.5 Å². The Kier molecular flexibility index (Phi) is 7.54. The third-order valence-electron chi connectivity index (χ3n) is 5.95. The van der Waals surface area contributed by atoms with Gasteiger partial charge in [0.05, 0.1) is 12.9 Å². The van der Waals surface area contributed by atoms with E-state index in [2.05, 4.69) is 26.2 Å². The van der Waals surface area contributed by atoms with E-state index in [-0.39, 0.29) is 12.1 Å². The lowest BCUT2D eigenvalue weighted by Gasteiger charge is -2.31. The SMILES string of the molecule is C#C[C@H]1O[C@@H](n2cnc3c(NC4CCN(C(=O)OCC)CC4)ncnc32)[C@H](OC(C)=O)[C@@H]1OC(C)=O. The number of imidazole rings is 1. The number of fused-ring (bicyclic) bond motifs is 1. The van der Waals surface area contributed by atoms with Gasteiger partial charge in [0.25, 0.3) is 0 Å². The number of amides is 1. The number of anilines is 1. The second-order valence-corrected chi connectivity index (χ2v) is 8.41. The largest absolute Gasteiger partial charge is 0.455 e. The molecule has 0 radical (unpaired) electrons. The van der Waals surface area contributed by atoms with Crippen molar-refractivity contribution in [3.05, 3.63) is 12.7 Å². The Bertz CT molecular complexity index is 1170. The predicted octanol–water partition coefficient (Wildman–Crippen LogP) is 1.25. The van der Waals surface area contributed by atoms with E-state index in [9.17, 15) is 14.4 Å². The molecule has 0 aromatic carbocycles. The number of hydrogen-bond donors (Lipinski definition) is 1. The number of nitrogens with zero attached hydrogens (tertiary/aromatic N) is 5. The first kappa shape index (κ1) is 25.2. The van der Waals surface area contributed by atoms with Crippen molar-refractivity contribution in [3.8, 4) is 12.3 Å². The average Bonchev–Trinajstić information content (AvgIpc) is 3.41. The molecule has 2 aromatic heterocycles. The van der Waals surface area contributed by atoms with Gasteiger partial charge in [0, 0.05) is 33.0 Å². The second-order valence-electron chi connectivity index (χ2n) is 8.41. The van der Waals surface area contributed by atoms with E-state index in [4.69, 9.17) is 25.4 Å². The second kappa shape index (κ2) is 10.8. The van der Waals surface area contributed by atoms with Crippen molar-refractivity contribution in [2.75, 3.05) is 25.0 Å². The van der Waals surface area contributed by atoms with Crippen LogP contribution in [0.4, 0.5) is 10.6 Å². The Morgan fingerprint density at radius 3 is 2.47 bits per heavy atom. The van der Waals surface area contributed by atoms with Gasteiger partial charge < -0.3 is 29.2 Å². The first-order chi connectivity index (χ1) is 17.3. The van der Waals surface area contributed by atoms with Crippen LogP contribution in [0.25, 0.3) is 11.2 Å². The smallest absolute Gasteiger partial charge is 0.409 e. The van der Waals surface area contributed by atoms with Gasteiger partial charge in [-0.1, -0.05) is 5.92 Å². The fourth-order valence-corrected chi connectivity index (χ4v) is 4.39. The summed E-state index contributed by atoms with van der Waals surface area (Å²) in [5.74, 6) is 1.79. The van der Waals surface area contributed by atoms with E-state index >= 15 is 0 Å². The van der Waals surface area contributed by atoms with Gasteiger partial charge in [0.1, 0.15) is 6.33 Å². The molecule has 192 valence electrons. The van der Waals surface area contributed by atoms with E-state index in [1.54, 1.807) is 16.4 Å². The van der Waals surface area contributed by atoms with Crippen molar-refractivity contribution < 1.29 is 33.3 Å². The number of nitrogens with one attached hydrogen (secondary N) is 1. The lowest BCUT2D eigenvalue weighted by molar-refractivity contribution is -0.165. The van der Waals surface area contributed by atoms with Crippen molar-refractivity contribution in [2.45, 2.75) is 64.2 Å². The van der Waals surface area contributed by atoms with Crippen molar-refractivity contribution >= 4 is 35.0 Å². The summed E-state index contributed by atoms with van der Waals surface area (Å²) in [6.07, 6.45) is 5.69. The van der Waals surface area contributed by atoms with Crippen LogP contribution >= 0.6 is 0 Å². The van der Waals surface area contributed by atoms with Crippen LogP contribution < -0.4 is 5.32 Å². The predicted molar refractivity (Wildman–Crippen MR) is 124 cm³/mol. The van der Waals surface area contributed by atoms with Gasteiger partial charge >= 0.3 is 18.0 Å². The molecule has 2 aliphatic heterocycles. The van der Waals surface area contributed by atoms with Crippen molar-refractivity contribution in [1.29, 1.82) is 0 Å². The number of ether oxygens (including phenoxy) is 4. The summed E-state index contributed by atoms with van der Waals surface area (Å²) in [5, 5.41) is 3.38. The van der Waals surface area contributed by atoms with Gasteiger partial charge in [-0.25, -0.2) is 19.7 Å². The van der Waals surface area contributed by atoms with Crippen LogP contribution in [0, 0.1) is 12.3 Å². The van der Waals surface area contributed by atoms with Crippen molar-refractivity contribution in [2.24, 2.45) is 0 Å². The zero-order valence-corrected chi connectivity index (χ0v) is 20.2. The van der Waals surface area contributed by atoms with E-state index in [0.29, 0.717) is 49.5 Å². The topological polar surface area (TPSA) is 147 Å². The quantitative estimate of drug-likeness (QED) is 0.347. The van der Waals surface area contributed by atoms with Crippen molar-refractivity contribution in [3.63, 3.8) is 0 Å². The number of likely N-dealkylation sites (tertiary alicyclic amines) is 1. The fraction of sp³-hybridized carbons (Fsp3) is 0.565. The molecule has 0 bridgehead atoms. The molecular weight excluding hydrogens is 472 g/mol. The number of piperidine rings is 1. The minimum atomic E-state index is -1.01. The molecule has 2 fully saturated rings. The molecule has 2 aromatic rings. The fourth-order valence-electron chi connectivity index (χ4n) is 4.39. The molecule has 0 unspecified atom stereocenters. The molecule has 4 rings (SSSR count). The van der Waals surface area contributed by atoms with Crippen LogP contribution in [-0.2, 0) is 28.5 Å². The number of rotatable bonds is 6. The van der Waals surface area contributed by atoms with Crippen molar-refractivity contribution in [1.82, 2.24) is 24.4 Å². The van der Waals surface area contributed by atoms with Crippen LogP contribution in [0.2, 0.25) is 0 Å². The molecule has 2 aliphatic rings. The first-order valence-electron chi connectivity index (χ1n) is 11.6. The Labute approximate surface area is 207 Å². The van der Waals surface area contributed by atoms with Gasteiger partial charge in [0.15, 0.2) is 41.5 Å². The van der Waals surface area contributed by atoms with Gasteiger partial charge in [-0.05, 0) is 19.8 Å². The summed E-state index contributed by atoms with van der Waals surface area (Å²) < 4.78 is 23.4. The summed E-state index contributed by atoms with van der Waals surface area (Å²) in [6.45, 7) is 5.72. The number of aromatic nitrogens is 4. The van der Waals surface area contributed by atoms with Gasteiger partial charge in [0.2, 0.25) is 0 Å². The number of esters is 2. The summed E-state index contributed by atoms with van der Waals surface area (Å²) in [5.41, 5.74) is 0.890. The summed E-state index contributed by atoms with van der Waals surface area (Å²) in [6, 6.07) is 0.0645. The molecule has 13 nitrogen and oxygen atoms in total. The third-order valence-corrected chi connectivity index (χ3v) is 5.95. The maximum Gasteiger partial charge on any atom is 0.409 e. The molecule has 4 atom stereocenters. The van der Waals surface area contributed by atoms with Gasteiger partial charge in [-0.3, -0.25) is 14.2 Å². The zero-order chi connectivity index (χ0) is 25.8. The molecule has 1 N–H and O–H groups in total. The Morgan fingerprint density at radius 2 is 1.83 bits per heavy atom. The Hall–Kier alpha value is -3.92. The number of terminal acetylenes is 1. The highest BCUT2D eigenvalue weighted by Gasteiger charge is 2.50. The number of carbonyl (C=O) groups excluding carboxylic acids is 3. The molecule has 2 saturated heterocycles. The summed E-state index contributed by atoms with van der Waals surface area (Å²) >= 11 is 0. The molecule has 0 saturated carbocycles. The van der Waals surface area contributed by atoms with E-state index in [1.807, 2.05) is 0 Å². The van der Waals surface area contributed by atoms with Crippen LogP contribution in [0.5, 0.6) is 0 Å². The maximum atomic E-state index is 12.0. The summed E-state index contributed by atoms with van der Waals surface area (Å²) in [7, 11) is 0. The molecule has 4 heterocycles. The molecule has 0 spiro atoms. The van der Waals surface area contributed by atoms with Gasteiger partial charge in [-0.2, -0.15) is 0 Å². The minimum Gasteiger partial charge on any atom is -0.455 e. The third kappa shape index (κ3) is 5.18. The normalized spacial score (nSPS) is 24.2. The molecular formula is C23H28N6O7. The average molecular weight is 501 g/mol. The van der Waals surface area contributed by atoms with Crippen LogP contribution in [0.15, 0.2) is 12.7 Å². The van der Waals surface area contributed by atoms with Crippen LogP contribution in [0.3, 0.4) is 0 Å². The van der Waals surface area contributed by atoms with Crippen LogP contribution in [0.1, 0.15) is 39.8 Å². The number of hydrogen-bond acceptors (Lipinski definition) is 11. The van der Waals surface area contributed by atoms with E-state index < -0.39 is 36.5 Å². The standard InChI is InChI=1S/C23H28N6O7/c1-5-16-18(34-13(3)30)19(35-14(4)31)22(36-16)29-12-26-17-20(24-11-25-21(17)29)27-15-7-9-28(10-8-15)23(32)33-6-2/h1,11-12,15-16,18-19,22H,6-10H2,2-4H3,(H,24,25,27)/t16-,18-,19-,22-/m1/s1. The number of carbonyl (C=O) groups is 3. The minimum absolute atomic E-state index is 0.0645. The lowest BCUT2D eigenvalue weighted by atomic mass is 10.1. The Morgan fingerprint density at radius 1 is 1.14 bits per heavy atom. The lowest BCUT2D eigenvalue weighted by Crippen LogP contribution is -2.42. The Balaban J connectivity index is 1.55. The van der Waals surface area contributed by atoms with Gasteiger partial charge in [-0.15, -0.1) is 6.42 Å². The highest BCUT2D eigenvalue weighted by atomic mass is 16.6. The highest BCUT2D eigenvalue weighted by molar-refractivity contribution is 5.83. The molecule has 36 heavy (non-hydrogen) atoms. The first-order valence-corrected chi connectivity index (χ1v) is 11.6.